The van der Waals surface area contributed by atoms with Gasteiger partial charge in [-0.25, -0.2) is 0 Å². The van der Waals surface area contributed by atoms with E-state index in [2.05, 4.69) is 105 Å². The van der Waals surface area contributed by atoms with E-state index in [4.69, 9.17) is 4.74 Å². The molecule has 0 saturated heterocycles. The Morgan fingerprint density at radius 3 is 1.37 bits per heavy atom. The first-order chi connectivity index (χ1) is 22.2. The molecule has 0 aromatic heterocycles. The van der Waals surface area contributed by atoms with Crippen molar-refractivity contribution in [1.29, 1.82) is 0 Å². The predicted octanol–water partition coefficient (Wildman–Crippen LogP) is 6.88. The molecule has 0 aliphatic carbocycles. The molecular weight excluding hydrogens is 626 g/mol. The third-order valence-electron chi connectivity index (χ3n) is 8.43. The fraction of sp³-hybridized carbons (Fsp3) is 0.0769. The van der Waals surface area contributed by atoms with Gasteiger partial charge in [0, 0.05) is 27.2 Å². The normalized spacial score (nSPS) is 13.6. The summed E-state index contributed by atoms with van der Waals surface area (Å²) in [5.74, 6) is 1.45. The van der Waals surface area contributed by atoms with E-state index in [1.165, 1.54) is 10.6 Å². The van der Waals surface area contributed by atoms with Crippen LogP contribution in [0.2, 0.25) is 0 Å². The summed E-state index contributed by atoms with van der Waals surface area (Å²) in [4.78, 5) is -0.132. The van der Waals surface area contributed by atoms with Gasteiger partial charge in [0.2, 0.25) is 0 Å². The first kappa shape index (κ1) is 30.5. The van der Waals surface area contributed by atoms with Crippen LogP contribution >= 0.6 is 15.8 Å². The van der Waals surface area contributed by atoms with Crippen molar-refractivity contribution < 1.29 is 17.7 Å². The average molecular weight is 659 g/mol. The van der Waals surface area contributed by atoms with Crippen LogP contribution in [0.15, 0.2) is 157 Å². The van der Waals surface area contributed by atoms with Gasteiger partial charge in [-0.15, -0.1) is 0 Å². The van der Waals surface area contributed by atoms with Gasteiger partial charge in [0.25, 0.3) is 10.1 Å². The SMILES string of the molecule is CC1(C)c2cccc(P(c3ccccc3)c3ccccc3)c2Oc2c(P(c3ccccc3)c3ccccc3)cc(S(=O)(=O)O)cc21. The van der Waals surface area contributed by atoms with E-state index in [9.17, 15) is 13.0 Å². The molecular formula is C39H32O4P2S. The van der Waals surface area contributed by atoms with Crippen molar-refractivity contribution in [3.05, 3.63) is 163 Å². The van der Waals surface area contributed by atoms with Crippen LogP contribution < -0.4 is 36.6 Å². The Morgan fingerprint density at radius 1 is 0.522 bits per heavy atom. The Labute approximate surface area is 273 Å². The highest BCUT2D eigenvalue weighted by Crippen LogP contribution is 2.52. The summed E-state index contributed by atoms with van der Waals surface area (Å²) in [6.07, 6.45) is 0. The van der Waals surface area contributed by atoms with Crippen LogP contribution in [0.3, 0.4) is 0 Å². The summed E-state index contributed by atoms with van der Waals surface area (Å²) in [5.41, 5.74) is 1.06. The summed E-state index contributed by atoms with van der Waals surface area (Å²) < 4.78 is 43.2. The second kappa shape index (κ2) is 12.2. The minimum Gasteiger partial charge on any atom is -0.455 e. The first-order valence-electron chi connectivity index (χ1n) is 15.0. The third kappa shape index (κ3) is 5.59. The first-order valence-corrected chi connectivity index (χ1v) is 19.1. The van der Waals surface area contributed by atoms with E-state index in [0.717, 1.165) is 38.1 Å². The molecule has 1 heterocycles. The summed E-state index contributed by atoms with van der Waals surface area (Å²) in [6, 6.07) is 50.8. The Kier molecular flexibility index (Phi) is 8.13. The average Bonchev–Trinajstić information content (AvgIpc) is 3.07. The number of ether oxygens (including phenoxy) is 1. The van der Waals surface area contributed by atoms with Gasteiger partial charge in [0.1, 0.15) is 11.5 Å². The molecule has 228 valence electrons. The molecule has 6 aromatic rings. The standard InChI is InChI=1S/C39H32O4P2S/c1-39(2)33-24-15-25-35(44(28-16-7-3-8-17-28)29-18-9-4-10-19-29)37(33)43-38-34(39)26-32(46(40,41)42)27-36(38)45(30-20-11-5-12-21-30)31-22-13-6-14-23-31/h3-27H,1-2H3,(H,40,41,42). The van der Waals surface area contributed by atoms with Crippen LogP contribution in [-0.4, -0.2) is 13.0 Å². The molecule has 6 aromatic carbocycles. The van der Waals surface area contributed by atoms with Gasteiger partial charge < -0.3 is 4.74 Å². The lowest BCUT2D eigenvalue weighted by Gasteiger charge is -2.38. The Hall–Kier alpha value is -4.11. The second-order valence-corrected chi connectivity index (χ2v) is 17.5. The zero-order chi connectivity index (χ0) is 31.9. The van der Waals surface area contributed by atoms with Gasteiger partial charge in [-0.3, -0.25) is 4.55 Å². The molecule has 0 bridgehead atoms. The Balaban J connectivity index is 1.52. The van der Waals surface area contributed by atoms with Gasteiger partial charge in [-0.2, -0.15) is 8.42 Å². The molecule has 1 aliphatic heterocycles. The number of fused-ring (bicyclic) bond motifs is 2. The molecule has 0 fully saturated rings. The lowest BCUT2D eigenvalue weighted by atomic mass is 9.76. The van der Waals surface area contributed by atoms with Gasteiger partial charge in [-0.05, 0) is 49.2 Å². The minimum absolute atomic E-state index is 0.132. The smallest absolute Gasteiger partial charge is 0.294 e. The number of hydrogen-bond acceptors (Lipinski definition) is 3. The molecule has 0 saturated carbocycles. The van der Waals surface area contributed by atoms with Crippen LogP contribution in [0.25, 0.3) is 0 Å². The molecule has 7 rings (SSSR count). The van der Waals surface area contributed by atoms with Crippen molar-refractivity contribution in [2.45, 2.75) is 24.2 Å². The van der Waals surface area contributed by atoms with Gasteiger partial charge in [-0.1, -0.05) is 153 Å². The molecule has 0 amide bonds. The third-order valence-corrected chi connectivity index (χ3v) is 14.2. The number of para-hydroxylation sites is 1. The fourth-order valence-corrected chi connectivity index (χ4v) is 11.6. The summed E-state index contributed by atoms with van der Waals surface area (Å²) in [7, 11) is -6.77. The number of rotatable bonds is 7. The Bertz CT molecular complexity index is 2040. The van der Waals surface area contributed by atoms with E-state index in [1.807, 2.05) is 48.5 Å². The molecule has 1 aliphatic rings. The lowest BCUT2D eigenvalue weighted by Crippen LogP contribution is -2.33. The number of hydrogen-bond donors (Lipinski definition) is 1. The maximum atomic E-state index is 12.8. The van der Waals surface area contributed by atoms with E-state index in [0.29, 0.717) is 5.75 Å². The second-order valence-electron chi connectivity index (χ2n) is 11.7. The molecule has 0 radical (unpaired) electrons. The zero-order valence-corrected chi connectivity index (χ0v) is 28.0. The van der Waals surface area contributed by atoms with Crippen LogP contribution in [-0.2, 0) is 15.5 Å². The van der Waals surface area contributed by atoms with Crippen molar-refractivity contribution in [1.82, 2.24) is 0 Å². The largest absolute Gasteiger partial charge is 0.455 e. The van der Waals surface area contributed by atoms with E-state index in [-0.39, 0.29) is 4.90 Å². The zero-order valence-electron chi connectivity index (χ0n) is 25.4. The van der Waals surface area contributed by atoms with Crippen molar-refractivity contribution in [2.75, 3.05) is 0 Å². The Morgan fingerprint density at radius 2 is 0.935 bits per heavy atom. The molecule has 0 spiro atoms. The monoisotopic (exact) mass is 658 g/mol. The topological polar surface area (TPSA) is 63.6 Å². The van der Waals surface area contributed by atoms with Crippen LogP contribution in [0.4, 0.5) is 0 Å². The molecule has 46 heavy (non-hydrogen) atoms. The van der Waals surface area contributed by atoms with Gasteiger partial charge in [0.15, 0.2) is 0 Å². The van der Waals surface area contributed by atoms with Gasteiger partial charge in [0.05, 0.1) is 4.90 Å². The summed E-state index contributed by atoms with van der Waals surface area (Å²) in [6.45, 7) is 4.21. The molecule has 0 unspecified atom stereocenters. The molecule has 7 heteroatoms. The highest BCUT2D eigenvalue weighted by atomic mass is 32.2. The predicted molar refractivity (Wildman–Crippen MR) is 192 cm³/mol. The van der Waals surface area contributed by atoms with Crippen molar-refractivity contribution >= 4 is 57.8 Å². The van der Waals surface area contributed by atoms with E-state index in [1.54, 1.807) is 12.1 Å². The lowest BCUT2D eigenvalue weighted by molar-refractivity contribution is 0.423. The number of benzene rings is 6. The van der Waals surface area contributed by atoms with E-state index < -0.39 is 31.4 Å². The molecule has 4 nitrogen and oxygen atoms in total. The quantitative estimate of drug-likeness (QED) is 0.150. The van der Waals surface area contributed by atoms with Crippen LogP contribution in [0.1, 0.15) is 25.0 Å². The summed E-state index contributed by atoms with van der Waals surface area (Å²) in [5, 5.41) is 6.36. The van der Waals surface area contributed by atoms with Crippen molar-refractivity contribution in [3.63, 3.8) is 0 Å². The fourth-order valence-electron chi connectivity index (χ4n) is 6.18. The van der Waals surface area contributed by atoms with Crippen molar-refractivity contribution in [2.24, 2.45) is 0 Å². The maximum absolute atomic E-state index is 12.8. The van der Waals surface area contributed by atoms with Crippen LogP contribution in [0, 0.1) is 0 Å². The minimum atomic E-state index is -4.52. The van der Waals surface area contributed by atoms with E-state index >= 15 is 0 Å². The van der Waals surface area contributed by atoms with Gasteiger partial charge >= 0.3 is 0 Å². The van der Waals surface area contributed by atoms with Crippen LogP contribution in [0.5, 0.6) is 11.5 Å². The molecule has 1 N–H and O–H groups in total. The maximum Gasteiger partial charge on any atom is 0.294 e. The highest BCUT2D eigenvalue weighted by molar-refractivity contribution is 7.86. The summed E-state index contributed by atoms with van der Waals surface area (Å²) >= 11 is 0. The highest BCUT2D eigenvalue weighted by Gasteiger charge is 2.40. The molecule has 0 atom stereocenters. The van der Waals surface area contributed by atoms with Crippen molar-refractivity contribution in [3.8, 4) is 11.5 Å².